The Balaban J connectivity index is 1.02. The summed E-state index contributed by atoms with van der Waals surface area (Å²) in [7, 11) is 0. The Kier molecular flexibility index (Phi) is 9.21. The summed E-state index contributed by atoms with van der Waals surface area (Å²) in [6, 6.07) is 32.8. The Morgan fingerprint density at radius 1 is 0.690 bits per heavy atom. The predicted molar refractivity (Wildman–Crippen MR) is 241 cm³/mol. The Bertz CT molecular complexity index is 2540. The van der Waals surface area contributed by atoms with E-state index in [1.54, 1.807) is 5.56 Å². The molecule has 1 aliphatic heterocycles. The minimum Gasteiger partial charge on any atom is -0.483 e. The fraction of sp³-hybridized carbons (Fsp3) is 0.309. The lowest BCUT2D eigenvalue weighted by Gasteiger charge is -2.31. The van der Waals surface area contributed by atoms with Gasteiger partial charge >= 0.3 is 0 Å². The number of nitrogens with zero attached hydrogens (tertiary/aromatic N) is 2. The number of allylic oxidation sites excluding steroid dienone is 10. The zero-order valence-electron chi connectivity index (χ0n) is 33.8. The summed E-state index contributed by atoms with van der Waals surface area (Å²) in [6.07, 6.45) is 37.7. The number of fused-ring (bicyclic) bond motifs is 6. The van der Waals surface area contributed by atoms with Gasteiger partial charge in [0, 0.05) is 51.5 Å². The van der Waals surface area contributed by atoms with Crippen molar-refractivity contribution in [1.29, 1.82) is 0 Å². The zero-order chi connectivity index (χ0) is 38.6. The van der Waals surface area contributed by atoms with Gasteiger partial charge in [0.15, 0.2) is 0 Å². The largest absolute Gasteiger partial charge is 0.483 e. The molecule has 0 saturated carbocycles. The van der Waals surface area contributed by atoms with Crippen molar-refractivity contribution in [2.75, 3.05) is 4.90 Å². The normalized spacial score (nSPS) is 25.6. The van der Waals surface area contributed by atoms with E-state index < -0.39 is 0 Å². The smallest absolute Gasteiger partial charge is 0.148 e. The minimum atomic E-state index is 0.0132. The summed E-state index contributed by atoms with van der Waals surface area (Å²) in [6.45, 7) is 2.39. The third-order valence-electron chi connectivity index (χ3n) is 14.1. The molecule has 290 valence electrons. The molecule has 0 N–H and O–H groups in total. The standard InChI is InChI=1S/C55H54N2O/c1-37-13-5-6-16-46(37)42-35-50-49-19-9-12-22-54(49)58-55(50)53(36-42)56(43-29-27-41(28-30-43)40-25-23-39(24-26-40)38-14-3-2-4-15-38)44-31-33-45(34-32-44)57-51-20-10-7-17-47(51)48-18-8-11-21-52(48)57/h3,5,7,9-10,12-15,17,19-20,22-23,25,27-37,39-40,46,49,54H,2,4,6,8,11,16,18,21,24,26H2,1H3. The van der Waals surface area contributed by atoms with Crippen molar-refractivity contribution in [2.24, 2.45) is 11.8 Å². The second-order valence-corrected chi connectivity index (χ2v) is 17.6. The molecular weight excluding hydrogens is 705 g/mol. The first kappa shape index (κ1) is 35.6. The summed E-state index contributed by atoms with van der Waals surface area (Å²) in [5, 5.41) is 1.41. The van der Waals surface area contributed by atoms with Crippen LogP contribution >= 0.6 is 0 Å². The molecule has 0 radical (unpaired) electrons. The summed E-state index contributed by atoms with van der Waals surface area (Å²) in [4.78, 5) is 2.49. The number of hydrogen-bond acceptors (Lipinski definition) is 2. The maximum atomic E-state index is 6.99. The monoisotopic (exact) mass is 758 g/mol. The van der Waals surface area contributed by atoms with Crippen LogP contribution in [0.15, 0.2) is 157 Å². The SMILES string of the molecule is CC1C=CCCC1c1cc2c(c(N(c3ccc(C4C=CC(C5=CCCC=C5)CC4)cc3)c3ccc(-n4c5c(c6ccccc64)CCCC5)cc3)c1)OC1C=CC=CC21. The van der Waals surface area contributed by atoms with Gasteiger partial charge < -0.3 is 14.2 Å². The van der Waals surface area contributed by atoms with Gasteiger partial charge in [0.05, 0.1) is 11.2 Å². The number of ether oxygens (including phenoxy) is 1. The van der Waals surface area contributed by atoms with Crippen LogP contribution in [0.2, 0.25) is 0 Å². The van der Waals surface area contributed by atoms with Crippen molar-refractivity contribution in [3.8, 4) is 11.4 Å². The van der Waals surface area contributed by atoms with Gasteiger partial charge in [0.2, 0.25) is 0 Å². The van der Waals surface area contributed by atoms with E-state index in [9.17, 15) is 0 Å². The van der Waals surface area contributed by atoms with Crippen molar-refractivity contribution in [2.45, 2.75) is 95.0 Å². The Morgan fingerprint density at radius 2 is 1.48 bits per heavy atom. The third-order valence-corrected chi connectivity index (χ3v) is 14.1. The van der Waals surface area contributed by atoms with Crippen LogP contribution in [0.3, 0.4) is 0 Å². The highest BCUT2D eigenvalue weighted by molar-refractivity contribution is 5.88. The van der Waals surface area contributed by atoms with E-state index in [1.165, 1.54) is 95.9 Å². The number of rotatable bonds is 7. The van der Waals surface area contributed by atoms with Gasteiger partial charge in [-0.1, -0.05) is 104 Å². The fourth-order valence-electron chi connectivity index (χ4n) is 11.1. The predicted octanol–water partition coefficient (Wildman–Crippen LogP) is 14.3. The van der Waals surface area contributed by atoms with Crippen LogP contribution in [0.4, 0.5) is 17.1 Å². The van der Waals surface area contributed by atoms with E-state index in [4.69, 9.17) is 4.74 Å². The first-order valence-electron chi connectivity index (χ1n) is 22.2. The molecule has 0 bridgehead atoms. The topological polar surface area (TPSA) is 17.4 Å². The number of aryl methyl sites for hydroxylation is 1. The van der Waals surface area contributed by atoms with E-state index in [-0.39, 0.29) is 12.0 Å². The van der Waals surface area contributed by atoms with Gasteiger partial charge in [-0.15, -0.1) is 0 Å². The second kappa shape index (κ2) is 15.0. The van der Waals surface area contributed by atoms with Crippen molar-refractivity contribution < 1.29 is 4.74 Å². The van der Waals surface area contributed by atoms with Crippen LogP contribution < -0.4 is 9.64 Å². The molecule has 6 aliphatic rings. The van der Waals surface area contributed by atoms with E-state index in [0.29, 0.717) is 23.7 Å². The maximum absolute atomic E-state index is 6.99. The molecular formula is C55H54N2O. The molecule has 0 fully saturated rings. The molecule has 0 amide bonds. The number of para-hydroxylation sites is 1. The van der Waals surface area contributed by atoms with Gasteiger partial charge in [-0.25, -0.2) is 0 Å². The zero-order valence-corrected chi connectivity index (χ0v) is 33.8. The van der Waals surface area contributed by atoms with Crippen molar-refractivity contribution >= 4 is 28.0 Å². The number of benzene rings is 4. The second-order valence-electron chi connectivity index (χ2n) is 17.6. The highest BCUT2D eigenvalue weighted by Gasteiger charge is 2.37. The number of anilines is 3. The molecule has 4 aromatic carbocycles. The molecule has 2 heterocycles. The molecule has 0 spiro atoms. The Hall–Kier alpha value is -5.54. The lowest BCUT2D eigenvalue weighted by Crippen LogP contribution is -2.16. The molecule has 3 nitrogen and oxygen atoms in total. The van der Waals surface area contributed by atoms with Crippen LogP contribution in [0, 0.1) is 11.8 Å². The molecule has 5 aromatic rings. The van der Waals surface area contributed by atoms with Gasteiger partial charge in [-0.2, -0.15) is 0 Å². The van der Waals surface area contributed by atoms with Crippen LogP contribution in [-0.4, -0.2) is 10.7 Å². The molecule has 11 rings (SSSR count). The quantitative estimate of drug-likeness (QED) is 0.154. The lowest BCUT2D eigenvalue weighted by atomic mass is 9.78. The summed E-state index contributed by atoms with van der Waals surface area (Å²) in [5.41, 5.74) is 14.7. The van der Waals surface area contributed by atoms with E-state index >= 15 is 0 Å². The van der Waals surface area contributed by atoms with Crippen LogP contribution in [0.1, 0.15) is 104 Å². The fourth-order valence-corrected chi connectivity index (χ4v) is 11.1. The van der Waals surface area contributed by atoms with Crippen molar-refractivity contribution in [3.05, 3.63) is 185 Å². The number of aromatic nitrogens is 1. The van der Waals surface area contributed by atoms with Crippen molar-refractivity contribution in [1.82, 2.24) is 4.57 Å². The van der Waals surface area contributed by atoms with Gasteiger partial charge in [0.1, 0.15) is 11.9 Å². The highest BCUT2D eigenvalue weighted by Crippen LogP contribution is 2.53. The summed E-state index contributed by atoms with van der Waals surface area (Å²) in [5.74, 6) is 3.17. The highest BCUT2D eigenvalue weighted by atomic mass is 16.5. The summed E-state index contributed by atoms with van der Waals surface area (Å²) < 4.78 is 9.53. The molecule has 0 saturated heterocycles. The minimum absolute atomic E-state index is 0.0132. The number of hydrogen-bond donors (Lipinski definition) is 0. The van der Waals surface area contributed by atoms with E-state index in [2.05, 4.69) is 168 Å². The molecule has 5 aliphatic carbocycles. The van der Waals surface area contributed by atoms with Gasteiger partial charge in [0.25, 0.3) is 0 Å². The van der Waals surface area contributed by atoms with Crippen molar-refractivity contribution in [3.63, 3.8) is 0 Å². The van der Waals surface area contributed by atoms with Gasteiger partial charge in [-0.05, 0) is 153 Å². The Labute approximate surface area is 344 Å². The van der Waals surface area contributed by atoms with Crippen LogP contribution in [0.5, 0.6) is 5.75 Å². The molecule has 6 unspecified atom stereocenters. The van der Waals surface area contributed by atoms with E-state index in [0.717, 1.165) is 35.7 Å². The molecule has 3 heteroatoms. The maximum Gasteiger partial charge on any atom is 0.148 e. The Morgan fingerprint density at radius 3 is 2.29 bits per heavy atom. The van der Waals surface area contributed by atoms with Crippen LogP contribution in [-0.2, 0) is 12.8 Å². The molecule has 6 atom stereocenters. The van der Waals surface area contributed by atoms with E-state index in [1.807, 2.05) is 0 Å². The first-order chi connectivity index (χ1) is 28.7. The average Bonchev–Trinajstić information content (AvgIpc) is 3.84. The summed E-state index contributed by atoms with van der Waals surface area (Å²) >= 11 is 0. The first-order valence-corrected chi connectivity index (χ1v) is 22.2. The third kappa shape index (κ3) is 6.26. The van der Waals surface area contributed by atoms with Crippen LogP contribution in [0.25, 0.3) is 16.6 Å². The molecule has 1 aromatic heterocycles. The van der Waals surface area contributed by atoms with Gasteiger partial charge in [-0.3, -0.25) is 0 Å². The lowest BCUT2D eigenvalue weighted by molar-refractivity contribution is 0.269. The average molecular weight is 759 g/mol. The molecule has 58 heavy (non-hydrogen) atoms.